The molecule has 4 fully saturated rings. The molecular formula is C77H138O15Si5. The predicted octanol–water partition coefficient (Wildman–Crippen LogP) is 18.4. The van der Waals surface area contributed by atoms with Gasteiger partial charge in [-0.25, -0.2) is 4.79 Å². The number of hydrogen-bond donors (Lipinski definition) is 1. The van der Waals surface area contributed by atoms with Gasteiger partial charge < -0.3 is 60.4 Å². The summed E-state index contributed by atoms with van der Waals surface area (Å²) >= 11 is 0. The third kappa shape index (κ3) is 22.6. The van der Waals surface area contributed by atoms with Crippen LogP contribution in [0, 0.1) is 11.8 Å². The van der Waals surface area contributed by atoms with Gasteiger partial charge in [0.2, 0.25) is 0 Å². The maximum absolute atomic E-state index is 14.3. The van der Waals surface area contributed by atoms with Gasteiger partial charge in [0.1, 0.15) is 24.4 Å². The average Bonchev–Trinajstić information content (AvgIpc) is 1.13. The van der Waals surface area contributed by atoms with Crippen molar-refractivity contribution in [1.82, 2.24) is 0 Å². The highest BCUT2D eigenvalue weighted by Crippen LogP contribution is 2.49. The van der Waals surface area contributed by atoms with E-state index in [0.717, 1.165) is 30.4 Å². The lowest BCUT2D eigenvalue weighted by Crippen LogP contribution is -2.68. The molecule has 1 aromatic rings. The quantitative estimate of drug-likeness (QED) is 0.0424. The summed E-state index contributed by atoms with van der Waals surface area (Å²) in [5, 5.41) is 11.5. The Labute approximate surface area is 595 Å². The van der Waals surface area contributed by atoms with Crippen molar-refractivity contribution in [2.24, 2.45) is 11.8 Å². The molecule has 0 bridgehead atoms. The number of carbonyl (C=O) groups is 2. The summed E-state index contributed by atoms with van der Waals surface area (Å²) in [7, 11) is -9.10. The Morgan fingerprint density at radius 3 is 1.71 bits per heavy atom. The van der Waals surface area contributed by atoms with E-state index in [4.69, 9.17) is 55.3 Å². The van der Waals surface area contributed by atoms with E-state index in [1.165, 1.54) is 7.11 Å². The van der Waals surface area contributed by atoms with Crippen molar-refractivity contribution in [2.45, 2.75) is 357 Å². The summed E-state index contributed by atoms with van der Waals surface area (Å²) in [5.41, 5.74) is 2.51. The van der Waals surface area contributed by atoms with Crippen molar-refractivity contribution in [2.75, 3.05) is 20.8 Å². The minimum absolute atomic E-state index is 0.0189. The predicted molar refractivity (Wildman–Crippen MR) is 407 cm³/mol. The molecule has 4 aliphatic heterocycles. The van der Waals surface area contributed by atoms with Crippen LogP contribution in [0.2, 0.25) is 90.7 Å². The fourth-order valence-corrected chi connectivity index (χ4v) is 18.5. The molecule has 15 nitrogen and oxygen atoms in total. The first-order valence-corrected chi connectivity index (χ1v) is 51.0. The van der Waals surface area contributed by atoms with Crippen LogP contribution in [0.4, 0.5) is 0 Å². The van der Waals surface area contributed by atoms with Gasteiger partial charge in [-0.1, -0.05) is 160 Å². The molecule has 1 N–H and O–H groups in total. The molecule has 5 rings (SSSR count). The molecule has 4 aliphatic rings. The number of benzene rings is 1. The van der Waals surface area contributed by atoms with Crippen molar-refractivity contribution >= 4 is 53.5 Å². The third-order valence-corrected chi connectivity index (χ3v) is 46.4. The van der Waals surface area contributed by atoms with Gasteiger partial charge in [0.05, 0.1) is 86.7 Å². The SMILES string of the molecule is C=CCC1O[C@@H](C(/C=C/C(O)CCC2CC(=C)C(CC[C@H]3C[C@@H](C)C(=C)C(CC4O[C@H](C[C@@H](CO[Si](C)(C)C(C)(C)C)O[Si](C)(C)C(C)(C)C)[C@H](OC)C4CC(=O)OC)O3)O2)O[Si](C)(C)C(C)(C)C)C(O[Si](C)(C)C(C)(C)C)C(O[Si](C)(C)C(C)(C)C)[C@H]1OC(=O)c1ccccc1. The summed E-state index contributed by atoms with van der Waals surface area (Å²) in [5.74, 6) is -0.855. The highest BCUT2D eigenvalue weighted by Gasteiger charge is 2.58. The molecule has 4 heterocycles. The Morgan fingerprint density at radius 2 is 1.18 bits per heavy atom. The molecule has 556 valence electrons. The zero-order valence-corrected chi connectivity index (χ0v) is 71.0. The fourth-order valence-electron chi connectivity index (χ4n) is 12.3. The Hall–Kier alpha value is -2.24. The highest BCUT2D eigenvalue weighted by molar-refractivity contribution is 6.76. The number of methoxy groups -OCH3 is 2. The molecule has 4 saturated heterocycles. The summed E-state index contributed by atoms with van der Waals surface area (Å²) in [4.78, 5) is 27.5. The second kappa shape index (κ2) is 33.7. The average molecular weight is 1440 g/mol. The number of carbonyl (C=O) groups excluding carboxylic acids is 2. The minimum Gasteiger partial charge on any atom is -0.469 e. The van der Waals surface area contributed by atoms with Gasteiger partial charge in [0.15, 0.2) is 47.7 Å². The lowest BCUT2D eigenvalue weighted by Gasteiger charge is -2.54. The number of aliphatic hydroxyl groups is 1. The molecule has 0 aromatic heterocycles. The van der Waals surface area contributed by atoms with Gasteiger partial charge in [-0.15, -0.1) is 6.58 Å². The van der Waals surface area contributed by atoms with Crippen molar-refractivity contribution in [3.8, 4) is 0 Å². The van der Waals surface area contributed by atoms with Crippen LogP contribution in [0.1, 0.15) is 185 Å². The molecule has 0 saturated carbocycles. The van der Waals surface area contributed by atoms with Crippen molar-refractivity contribution in [3.05, 3.63) is 85.0 Å². The molecule has 0 radical (unpaired) electrons. The Bertz CT molecular complexity index is 2750. The highest BCUT2D eigenvalue weighted by atomic mass is 28.4. The number of esters is 2. The number of ether oxygens (including phenoxy) is 7. The summed E-state index contributed by atoms with van der Waals surface area (Å²) in [6.45, 7) is 72.0. The normalized spacial score (nSPS) is 28.8. The van der Waals surface area contributed by atoms with Gasteiger partial charge in [0.25, 0.3) is 0 Å². The summed E-state index contributed by atoms with van der Waals surface area (Å²) in [6.07, 6.45) is 4.17. The molecule has 97 heavy (non-hydrogen) atoms. The molecular weight excluding hydrogens is 1310 g/mol. The van der Waals surface area contributed by atoms with E-state index >= 15 is 0 Å². The van der Waals surface area contributed by atoms with Crippen LogP contribution < -0.4 is 0 Å². The van der Waals surface area contributed by atoms with E-state index in [-0.39, 0.29) is 98.2 Å². The zero-order valence-electron chi connectivity index (χ0n) is 66.0. The van der Waals surface area contributed by atoms with Crippen molar-refractivity contribution in [1.29, 1.82) is 0 Å². The first-order valence-electron chi connectivity index (χ1n) is 36.5. The van der Waals surface area contributed by atoms with Crippen LogP contribution in [-0.4, -0.2) is 171 Å². The van der Waals surface area contributed by atoms with E-state index in [9.17, 15) is 14.7 Å². The molecule has 0 amide bonds. The first kappa shape index (κ1) is 85.4. The maximum atomic E-state index is 14.3. The standard InChI is InChI=1S/C77H138O15Si5/c1-32-36-61-68(88-72(80)54-37-34-33-35-38-54)70(91-96(28,29)76(14,15)16)71(92-97(30,31)77(17,18)19)69(87-61)62(90-95(26,27)75(11,12)13)43-40-55(78)39-41-56-46-52(3)60(84-56)44-42-57-45-51(2)53(4)63(85-57)49-64-59(48-66(79)81-20)67(82-21)65(86-64)47-58(89-94(24,25)74(8,9)10)50-83-93(22,23)73(5,6)7/h32-35,37-38,40,43,51,55-65,67-71,78H,1,3-4,36,39,41-42,44-50H2,2,5-31H3/b43-40+/t51-,55?,56?,57+,58+,59?,60?,61?,62?,63?,64?,65-,67-,68+,69+,70?,71?/m1/s1. The lowest BCUT2D eigenvalue weighted by atomic mass is 9.82. The van der Waals surface area contributed by atoms with E-state index in [0.29, 0.717) is 50.7 Å². The fraction of sp³-hybridized carbons (Fsp3) is 0.792. The molecule has 17 atom stereocenters. The van der Waals surface area contributed by atoms with E-state index in [1.807, 2.05) is 36.4 Å². The van der Waals surface area contributed by atoms with Crippen LogP contribution in [0.15, 0.2) is 79.4 Å². The minimum atomic E-state index is -2.65. The van der Waals surface area contributed by atoms with Gasteiger partial charge >= 0.3 is 11.9 Å². The van der Waals surface area contributed by atoms with Crippen molar-refractivity contribution in [3.63, 3.8) is 0 Å². The smallest absolute Gasteiger partial charge is 0.338 e. The molecule has 20 heteroatoms. The zero-order chi connectivity index (χ0) is 73.6. The largest absolute Gasteiger partial charge is 0.469 e. The Kier molecular flexibility index (Phi) is 29.7. The number of aliphatic hydroxyl groups excluding tert-OH is 1. The van der Waals surface area contributed by atoms with Crippen LogP contribution in [0.25, 0.3) is 0 Å². The summed E-state index contributed by atoms with van der Waals surface area (Å²) < 4.78 is 83.4. The van der Waals surface area contributed by atoms with Crippen LogP contribution in [-0.2, 0) is 60.1 Å². The molecule has 0 spiro atoms. The Balaban J connectivity index is 1.36. The first-order chi connectivity index (χ1) is 44.3. The van der Waals surface area contributed by atoms with Crippen LogP contribution in [0.5, 0.6) is 0 Å². The van der Waals surface area contributed by atoms with Crippen LogP contribution in [0.3, 0.4) is 0 Å². The second-order valence-corrected chi connectivity index (χ2v) is 60.3. The summed E-state index contributed by atoms with van der Waals surface area (Å²) in [6, 6.07) is 9.08. The van der Waals surface area contributed by atoms with E-state index in [2.05, 4.69) is 196 Å². The van der Waals surface area contributed by atoms with Gasteiger partial charge in [0, 0.05) is 25.9 Å². The number of rotatable bonds is 31. The van der Waals surface area contributed by atoms with Gasteiger partial charge in [-0.05, 0) is 165 Å². The maximum Gasteiger partial charge on any atom is 0.338 e. The van der Waals surface area contributed by atoms with Crippen LogP contribution >= 0.6 is 0 Å². The lowest BCUT2D eigenvalue weighted by molar-refractivity contribution is -0.227. The van der Waals surface area contributed by atoms with E-state index < -0.39 is 90.3 Å². The van der Waals surface area contributed by atoms with E-state index in [1.54, 1.807) is 19.2 Å². The van der Waals surface area contributed by atoms with Crippen molar-refractivity contribution < 1.29 is 70.0 Å². The van der Waals surface area contributed by atoms with Gasteiger partial charge in [-0.2, -0.15) is 0 Å². The second-order valence-electron chi connectivity index (χ2n) is 36.5. The monoisotopic (exact) mass is 1440 g/mol. The Morgan fingerprint density at radius 1 is 0.629 bits per heavy atom. The third-order valence-electron chi connectivity index (χ3n) is 23.9. The molecule has 1 aromatic carbocycles. The topological polar surface area (TPSA) is 165 Å². The number of hydrogen-bond acceptors (Lipinski definition) is 15. The molecule has 10 unspecified atom stereocenters. The molecule has 0 aliphatic carbocycles. The van der Waals surface area contributed by atoms with Gasteiger partial charge in [-0.3, -0.25) is 4.79 Å².